The molecule has 1 aliphatic carbocycles. The van der Waals surface area contributed by atoms with Crippen molar-refractivity contribution in [3.63, 3.8) is 0 Å². The summed E-state index contributed by atoms with van der Waals surface area (Å²) in [5.74, 6) is 1.43. The summed E-state index contributed by atoms with van der Waals surface area (Å²) in [5.41, 5.74) is 1.03. The Bertz CT molecular complexity index is 372. The van der Waals surface area contributed by atoms with Gasteiger partial charge >= 0.3 is 0 Å². The molecular formula is C13H19NOS. The monoisotopic (exact) mass is 237 g/mol. The zero-order chi connectivity index (χ0) is 11.5. The van der Waals surface area contributed by atoms with Gasteiger partial charge in [-0.15, -0.1) is 11.3 Å². The first kappa shape index (κ1) is 11.8. The van der Waals surface area contributed by atoms with Crippen LogP contribution in [-0.4, -0.2) is 10.8 Å². The minimum Gasteiger partial charge on any atom is -0.299 e. The van der Waals surface area contributed by atoms with Gasteiger partial charge in [0.25, 0.3) is 0 Å². The lowest BCUT2D eigenvalue weighted by molar-refractivity contribution is -0.123. The first-order valence-corrected chi connectivity index (χ1v) is 6.97. The Morgan fingerprint density at radius 2 is 2.38 bits per heavy atom. The predicted molar refractivity (Wildman–Crippen MR) is 66.7 cm³/mol. The lowest BCUT2D eigenvalue weighted by atomic mass is 9.80. The van der Waals surface area contributed by atoms with Gasteiger partial charge in [0.15, 0.2) is 0 Å². The molecule has 0 spiro atoms. The molecule has 1 aliphatic rings. The van der Waals surface area contributed by atoms with Crippen molar-refractivity contribution in [1.82, 2.24) is 4.98 Å². The third kappa shape index (κ3) is 2.91. The molecular weight excluding hydrogens is 218 g/mol. The van der Waals surface area contributed by atoms with Crippen LogP contribution < -0.4 is 0 Å². The van der Waals surface area contributed by atoms with E-state index in [1.54, 1.807) is 11.3 Å². The Labute approximate surface area is 101 Å². The van der Waals surface area contributed by atoms with Crippen molar-refractivity contribution in [2.45, 2.75) is 46.0 Å². The second kappa shape index (κ2) is 5.09. The van der Waals surface area contributed by atoms with Crippen molar-refractivity contribution >= 4 is 17.1 Å². The summed E-state index contributed by atoms with van der Waals surface area (Å²) in [6.45, 7) is 4.24. The highest BCUT2D eigenvalue weighted by Gasteiger charge is 2.25. The van der Waals surface area contributed by atoms with Crippen LogP contribution in [0.15, 0.2) is 5.38 Å². The van der Waals surface area contributed by atoms with E-state index in [9.17, 15) is 4.79 Å². The van der Waals surface area contributed by atoms with Gasteiger partial charge in [-0.2, -0.15) is 0 Å². The maximum atomic E-state index is 12.1. The molecule has 2 rings (SSSR count). The molecule has 0 amide bonds. The average molecular weight is 237 g/mol. The fourth-order valence-corrected chi connectivity index (χ4v) is 3.29. The molecule has 0 saturated heterocycles. The zero-order valence-electron chi connectivity index (χ0n) is 10.0. The largest absolute Gasteiger partial charge is 0.299 e. The van der Waals surface area contributed by atoms with Crippen molar-refractivity contribution < 1.29 is 4.79 Å². The van der Waals surface area contributed by atoms with Gasteiger partial charge in [-0.25, -0.2) is 4.98 Å². The quantitative estimate of drug-likeness (QED) is 0.806. The Morgan fingerprint density at radius 1 is 1.56 bits per heavy atom. The number of Topliss-reactive ketones (excluding diaryl/α,β-unsaturated/α-hetero) is 1. The maximum Gasteiger partial charge on any atom is 0.142 e. The molecule has 0 aliphatic heterocycles. The molecule has 1 aromatic rings. The van der Waals surface area contributed by atoms with Crippen molar-refractivity contribution in [3.05, 3.63) is 16.1 Å². The van der Waals surface area contributed by atoms with Crippen molar-refractivity contribution in [1.29, 1.82) is 0 Å². The summed E-state index contributed by atoms with van der Waals surface area (Å²) in [7, 11) is 0. The molecule has 0 radical (unpaired) electrons. The molecule has 88 valence electrons. The molecule has 1 heterocycles. The number of hydrogen-bond acceptors (Lipinski definition) is 3. The molecule has 1 fully saturated rings. The summed E-state index contributed by atoms with van der Waals surface area (Å²) in [6.07, 6.45) is 5.24. The highest BCUT2D eigenvalue weighted by molar-refractivity contribution is 7.09. The van der Waals surface area contributed by atoms with Gasteiger partial charge in [-0.05, 0) is 25.7 Å². The fourth-order valence-electron chi connectivity index (χ4n) is 2.50. The fraction of sp³-hybridized carbons (Fsp3) is 0.692. The number of carbonyl (C=O) groups is 1. The van der Waals surface area contributed by atoms with E-state index in [1.807, 2.05) is 12.3 Å². The summed E-state index contributed by atoms with van der Waals surface area (Å²) >= 11 is 1.61. The highest BCUT2D eigenvalue weighted by atomic mass is 32.1. The van der Waals surface area contributed by atoms with Crippen LogP contribution in [0.2, 0.25) is 0 Å². The molecule has 1 saturated carbocycles. The van der Waals surface area contributed by atoms with Gasteiger partial charge in [-0.1, -0.05) is 19.8 Å². The lowest BCUT2D eigenvalue weighted by Gasteiger charge is -2.25. The topological polar surface area (TPSA) is 30.0 Å². The predicted octanol–water partition coefficient (Wildman–Crippen LogP) is 3.39. The Kier molecular flexibility index (Phi) is 3.74. The van der Waals surface area contributed by atoms with Crippen LogP contribution >= 0.6 is 11.3 Å². The van der Waals surface area contributed by atoms with Crippen LogP contribution in [0.3, 0.4) is 0 Å². The van der Waals surface area contributed by atoms with E-state index in [1.165, 1.54) is 12.8 Å². The lowest BCUT2D eigenvalue weighted by Crippen LogP contribution is -2.23. The SMILES string of the molecule is Cc1csc(CC(=O)C2CCCC(C)C2)n1. The minimum atomic E-state index is 0.299. The van der Waals surface area contributed by atoms with Crippen molar-refractivity contribution in [3.8, 4) is 0 Å². The summed E-state index contributed by atoms with van der Waals surface area (Å²) in [6, 6.07) is 0. The van der Waals surface area contributed by atoms with Crippen LogP contribution in [-0.2, 0) is 11.2 Å². The number of ketones is 1. The number of hydrogen-bond donors (Lipinski definition) is 0. The normalized spacial score (nSPS) is 25.6. The number of thiazole rings is 1. The molecule has 0 N–H and O–H groups in total. The van der Waals surface area contributed by atoms with Gasteiger partial charge in [0.2, 0.25) is 0 Å². The van der Waals surface area contributed by atoms with E-state index >= 15 is 0 Å². The molecule has 1 aromatic heterocycles. The van der Waals surface area contributed by atoms with Gasteiger partial charge in [-0.3, -0.25) is 4.79 Å². The van der Waals surface area contributed by atoms with Crippen LogP contribution in [0.5, 0.6) is 0 Å². The van der Waals surface area contributed by atoms with Crippen molar-refractivity contribution in [2.75, 3.05) is 0 Å². The molecule has 3 heteroatoms. The third-order valence-electron chi connectivity index (χ3n) is 3.38. The minimum absolute atomic E-state index is 0.299. The smallest absolute Gasteiger partial charge is 0.142 e. The molecule has 2 unspecified atom stereocenters. The van der Waals surface area contributed by atoms with E-state index in [0.717, 1.165) is 29.5 Å². The van der Waals surface area contributed by atoms with E-state index in [4.69, 9.17) is 0 Å². The van der Waals surface area contributed by atoms with Crippen molar-refractivity contribution in [2.24, 2.45) is 11.8 Å². The summed E-state index contributed by atoms with van der Waals surface area (Å²) in [4.78, 5) is 16.5. The van der Waals surface area contributed by atoms with E-state index in [2.05, 4.69) is 11.9 Å². The summed E-state index contributed by atoms with van der Waals surface area (Å²) < 4.78 is 0. The van der Waals surface area contributed by atoms with Crippen LogP contribution in [0.25, 0.3) is 0 Å². The third-order valence-corrected chi connectivity index (χ3v) is 4.35. The standard InChI is InChI=1S/C13H19NOS/c1-9-4-3-5-11(6-9)12(15)7-13-14-10(2)8-16-13/h8-9,11H,3-7H2,1-2H3. The number of rotatable bonds is 3. The second-order valence-electron chi connectivity index (χ2n) is 4.99. The molecule has 2 nitrogen and oxygen atoms in total. The first-order valence-electron chi connectivity index (χ1n) is 6.09. The number of carbonyl (C=O) groups excluding carboxylic acids is 1. The van der Waals surface area contributed by atoms with Crippen LogP contribution in [0.1, 0.15) is 43.3 Å². The van der Waals surface area contributed by atoms with Crippen LogP contribution in [0, 0.1) is 18.8 Å². The second-order valence-corrected chi connectivity index (χ2v) is 5.94. The zero-order valence-corrected chi connectivity index (χ0v) is 10.8. The van der Waals surface area contributed by atoms with Gasteiger partial charge in [0, 0.05) is 17.0 Å². The highest BCUT2D eigenvalue weighted by Crippen LogP contribution is 2.30. The van der Waals surface area contributed by atoms with Gasteiger partial charge < -0.3 is 0 Å². The Balaban J connectivity index is 1.92. The number of aryl methyl sites for hydroxylation is 1. The van der Waals surface area contributed by atoms with Gasteiger partial charge in [0.1, 0.15) is 10.8 Å². The van der Waals surface area contributed by atoms with Crippen LogP contribution in [0.4, 0.5) is 0 Å². The number of nitrogens with zero attached hydrogens (tertiary/aromatic N) is 1. The molecule has 0 aromatic carbocycles. The van der Waals surface area contributed by atoms with Gasteiger partial charge in [0.05, 0.1) is 6.42 Å². The summed E-state index contributed by atoms with van der Waals surface area (Å²) in [5, 5.41) is 3.01. The molecule has 16 heavy (non-hydrogen) atoms. The molecule has 2 atom stereocenters. The first-order chi connectivity index (χ1) is 7.65. The number of aromatic nitrogens is 1. The van der Waals surface area contributed by atoms with E-state index < -0.39 is 0 Å². The molecule has 0 bridgehead atoms. The van der Waals surface area contributed by atoms with E-state index in [0.29, 0.717) is 18.1 Å². The van der Waals surface area contributed by atoms with E-state index in [-0.39, 0.29) is 0 Å². The Morgan fingerprint density at radius 3 is 3.00 bits per heavy atom. The average Bonchev–Trinajstić information content (AvgIpc) is 2.64. The Hall–Kier alpha value is -0.700. The maximum absolute atomic E-state index is 12.1.